The highest BCUT2D eigenvalue weighted by Crippen LogP contribution is 2.13. The first kappa shape index (κ1) is 45.8. The molecule has 0 bridgehead atoms. The molecule has 4 nitrogen and oxygen atoms in total. The zero-order valence-electron chi connectivity index (χ0n) is 31.5. The maximum absolute atomic E-state index is 12.3. The Balaban J connectivity index is 3.71. The van der Waals surface area contributed by atoms with Gasteiger partial charge in [-0.15, -0.1) is 0 Å². The molecule has 0 fully saturated rings. The number of aliphatic hydroxyl groups excluding tert-OH is 2. The van der Waals surface area contributed by atoms with Crippen LogP contribution in [0.4, 0.5) is 0 Å². The number of amides is 1. The molecule has 0 aliphatic carbocycles. The zero-order valence-corrected chi connectivity index (χ0v) is 31.5. The molecule has 0 aliphatic heterocycles. The minimum Gasteiger partial charge on any atom is -0.394 e. The monoisotopic (exact) mass is 668 g/mol. The van der Waals surface area contributed by atoms with E-state index in [1.807, 2.05) is 6.08 Å². The molecule has 3 N–H and O–H groups in total. The van der Waals surface area contributed by atoms with E-state index in [4.69, 9.17) is 0 Å². The summed E-state index contributed by atoms with van der Waals surface area (Å²) >= 11 is 0. The second-order valence-corrected chi connectivity index (χ2v) is 13.3. The van der Waals surface area contributed by atoms with Crippen molar-refractivity contribution < 1.29 is 15.0 Å². The Bertz CT molecular complexity index is 853. The number of aliphatic hydroxyl groups is 2. The predicted octanol–water partition coefficient (Wildman–Crippen LogP) is 12.3. The van der Waals surface area contributed by atoms with E-state index < -0.39 is 12.1 Å². The Morgan fingerprint density at radius 2 is 0.938 bits per heavy atom. The van der Waals surface area contributed by atoms with Crippen LogP contribution in [0.5, 0.6) is 0 Å². The van der Waals surface area contributed by atoms with Gasteiger partial charge in [0, 0.05) is 6.42 Å². The summed E-state index contributed by atoms with van der Waals surface area (Å²) in [7, 11) is 0. The van der Waals surface area contributed by atoms with Crippen LogP contribution in [0.25, 0.3) is 0 Å². The Morgan fingerprint density at radius 3 is 1.46 bits per heavy atom. The quantitative estimate of drug-likeness (QED) is 0.0465. The highest BCUT2D eigenvalue weighted by molar-refractivity contribution is 5.76. The van der Waals surface area contributed by atoms with Gasteiger partial charge in [-0.25, -0.2) is 0 Å². The largest absolute Gasteiger partial charge is 0.394 e. The van der Waals surface area contributed by atoms with E-state index in [9.17, 15) is 15.0 Å². The average molecular weight is 668 g/mol. The maximum Gasteiger partial charge on any atom is 0.220 e. The van der Waals surface area contributed by atoms with Gasteiger partial charge in [0.2, 0.25) is 5.91 Å². The molecule has 276 valence electrons. The van der Waals surface area contributed by atoms with Crippen LogP contribution in [-0.2, 0) is 4.79 Å². The summed E-state index contributed by atoms with van der Waals surface area (Å²) in [6, 6.07) is -0.663. The lowest BCUT2D eigenvalue weighted by Crippen LogP contribution is -2.45. The summed E-state index contributed by atoms with van der Waals surface area (Å²) in [5.74, 6) is -0.111. The van der Waals surface area contributed by atoms with Gasteiger partial charge in [-0.3, -0.25) is 4.79 Å². The van der Waals surface area contributed by atoms with E-state index >= 15 is 0 Å². The molecular weight excluding hydrogens is 590 g/mol. The molecular formula is C44H77NO3. The van der Waals surface area contributed by atoms with Crippen molar-refractivity contribution in [1.29, 1.82) is 0 Å². The van der Waals surface area contributed by atoms with Crippen molar-refractivity contribution in [2.45, 2.75) is 193 Å². The molecule has 0 spiro atoms. The third kappa shape index (κ3) is 35.1. The van der Waals surface area contributed by atoms with Gasteiger partial charge in [0.1, 0.15) is 0 Å². The topological polar surface area (TPSA) is 69.6 Å². The lowest BCUT2D eigenvalue weighted by atomic mass is 10.0. The summed E-state index contributed by atoms with van der Waals surface area (Å²) in [5, 5.41) is 22.9. The van der Waals surface area contributed by atoms with Crippen molar-refractivity contribution in [3.63, 3.8) is 0 Å². The number of unbranched alkanes of at least 4 members (excludes halogenated alkanes) is 18. The molecule has 1 amide bonds. The van der Waals surface area contributed by atoms with Crippen molar-refractivity contribution in [2.75, 3.05) is 6.61 Å². The van der Waals surface area contributed by atoms with Gasteiger partial charge in [0.05, 0.1) is 18.8 Å². The van der Waals surface area contributed by atoms with Crippen LogP contribution >= 0.6 is 0 Å². The summed E-state index contributed by atoms with van der Waals surface area (Å²) in [6.45, 7) is 4.15. The second kappa shape index (κ2) is 39.3. The van der Waals surface area contributed by atoms with Crippen molar-refractivity contribution in [3.05, 3.63) is 72.9 Å². The molecule has 0 aromatic carbocycles. The van der Waals surface area contributed by atoms with Crippen molar-refractivity contribution in [1.82, 2.24) is 5.32 Å². The Kier molecular flexibility index (Phi) is 37.5. The van der Waals surface area contributed by atoms with Gasteiger partial charge in [-0.05, 0) is 77.0 Å². The number of rotatable bonds is 35. The third-order valence-electron chi connectivity index (χ3n) is 8.65. The predicted molar refractivity (Wildman–Crippen MR) is 211 cm³/mol. The molecule has 48 heavy (non-hydrogen) atoms. The van der Waals surface area contributed by atoms with E-state index in [1.165, 1.54) is 89.9 Å². The maximum atomic E-state index is 12.3. The Labute approximate surface area is 298 Å². The van der Waals surface area contributed by atoms with Crippen LogP contribution < -0.4 is 5.32 Å². The molecule has 2 atom stereocenters. The highest BCUT2D eigenvalue weighted by Gasteiger charge is 2.17. The van der Waals surface area contributed by atoms with E-state index in [1.54, 1.807) is 6.08 Å². The van der Waals surface area contributed by atoms with E-state index in [0.29, 0.717) is 6.42 Å². The Morgan fingerprint density at radius 1 is 0.521 bits per heavy atom. The summed E-state index contributed by atoms with van der Waals surface area (Å²) in [6.07, 6.45) is 55.8. The molecule has 0 aromatic rings. The van der Waals surface area contributed by atoms with Crippen molar-refractivity contribution in [3.8, 4) is 0 Å². The van der Waals surface area contributed by atoms with Crippen LogP contribution in [0, 0.1) is 0 Å². The molecule has 0 saturated heterocycles. The minimum absolute atomic E-state index is 0.111. The van der Waals surface area contributed by atoms with Crippen LogP contribution in [0.3, 0.4) is 0 Å². The number of nitrogens with one attached hydrogen (secondary N) is 1. The number of carbonyl (C=O) groups excluding carboxylic acids is 1. The first-order chi connectivity index (χ1) is 23.7. The molecule has 4 heteroatoms. The molecule has 2 unspecified atom stereocenters. The fourth-order valence-corrected chi connectivity index (χ4v) is 5.58. The van der Waals surface area contributed by atoms with Gasteiger partial charge in [-0.2, -0.15) is 0 Å². The molecule has 0 radical (unpaired) electrons. The minimum atomic E-state index is -0.884. The summed E-state index contributed by atoms with van der Waals surface area (Å²) < 4.78 is 0. The fourth-order valence-electron chi connectivity index (χ4n) is 5.58. The van der Waals surface area contributed by atoms with E-state index in [2.05, 4.69) is 79.9 Å². The van der Waals surface area contributed by atoms with E-state index in [0.717, 1.165) is 70.6 Å². The number of carbonyl (C=O) groups is 1. The number of allylic oxidation sites excluding steroid dienone is 11. The lowest BCUT2D eigenvalue weighted by molar-refractivity contribution is -0.123. The summed E-state index contributed by atoms with van der Waals surface area (Å²) in [4.78, 5) is 12.3. The standard InChI is InChI=1S/C44H77NO3/c1-3-5-7-9-11-13-15-17-18-19-20-21-22-23-24-25-26-28-29-31-33-35-37-39-43(47)42(41-46)45-44(48)40-38-36-34-32-30-27-16-14-12-10-8-6-4-2/h6,8,12,14,24-25,27,29-31,37,39,42-43,46-47H,3-5,7,9-11,13,15-23,26,28,32-36,38,40-41H2,1-2H3,(H,45,48)/b8-6-,14-12-,25-24+,30-27-,31-29+,39-37+. The van der Waals surface area contributed by atoms with Crippen molar-refractivity contribution in [2.24, 2.45) is 0 Å². The van der Waals surface area contributed by atoms with Crippen LogP contribution in [0.2, 0.25) is 0 Å². The highest BCUT2D eigenvalue weighted by atomic mass is 16.3. The number of hydrogen-bond donors (Lipinski definition) is 3. The molecule has 0 aromatic heterocycles. The number of hydrogen-bond acceptors (Lipinski definition) is 3. The van der Waals surface area contributed by atoms with Crippen molar-refractivity contribution >= 4 is 5.91 Å². The smallest absolute Gasteiger partial charge is 0.220 e. The normalized spacial score (nSPS) is 13.8. The van der Waals surface area contributed by atoms with Gasteiger partial charge in [0.25, 0.3) is 0 Å². The SMILES string of the molecule is CC/C=C\C/C=C\C/C=C\CCCCCC(=O)NC(CO)C(O)/C=C/CC/C=C/CC/C=C/CCCCCCCCCCCCCCC. The molecule has 0 rings (SSSR count). The van der Waals surface area contributed by atoms with Crippen LogP contribution in [-0.4, -0.2) is 34.9 Å². The fraction of sp³-hybridized carbons (Fsp3) is 0.705. The molecule has 0 saturated carbocycles. The van der Waals surface area contributed by atoms with Gasteiger partial charge < -0.3 is 15.5 Å². The average Bonchev–Trinajstić information content (AvgIpc) is 3.09. The molecule has 0 aliphatic rings. The van der Waals surface area contributed by atoms with Crippen LogP contribution in [0.1, 0.15) is 181 Å². The lowest BCUT2D eigenvalue weighted by Gasteiger charge is -2.19. The summed E-state index contributed by atoms with van der Waals surface area (Å²) in [5.41, 5.74) is 0. The first-order valence-corrected chi connectivity index (χ1v) is 20.2. The van der Waals surface area contributed by atoms with Crippen LogP contribution in [0.15, 0.2) is 72.9 Å². The van der Waals surface area contributed by atoms with E-state index in [-0.39, 0.29) is 12.5 Å². The van der Waals surface area contributed by atoms with Gasteiger partial charge >= 0.3 is 0 Å². The molecule has 0 heterocycles. The van der Waals surface area contributed by atoms with Gasteiger partial charge in [-0.1, -0.05) is 170 Å². The third-order valence-corrected chi connectivity index (χ3v) is 8.65. The van der Waals surface area contributed by atoms with Gasteiger partial charge in [0.15, 0.2) is 0 Å². The zero-order chi connectivity index (χ0) is 35.0. The Hall–Kier alpha value is -2.17. The first-order valence-electron chi connectivity index (χ1n) is 20.2. The second-order valence-electron chi connectivity index (χ2n) is 13.3.